The Bertz CT molecular complexity index is 701. The first-order valence-corrected chi connectivity index (χ1v) is 7.93. The highest BCUT2D eigenvalue weighted by Gasteiger charge is 2.27. The molecule has 1 saturated heterocycles. The van der Waals surface area contributed by atoms with Gasteiger partial charge in [0.25, 0.3) is 0 Å². The number of rotatable bonds is 1. The zero-order chi connectivity index (χ0) is 18.6. The number of amides is 3. The normalized spacial score (nSPS) is 14.7. The maximum atomic E-state index is 13.1. The van der Waals surface area contributed by atoms with Crippen LogP contribution in [-0.4, -0.2) is 53.7 Å². The minimum absolute atomic E-state index is 0.0562. The summed E-state index contributed by atoms with van der Waals surface area (Å²) in [5.74, 6) is -0.541. The maximum Gasteiger partial charge on any atom is 0.410 e. The van der Waals surface area contributed by atoms with E-state index in [2.05, 4.69) is 5.32 Å². The third kappa shape index (κ3) is 5.08. The topological polar surface area (TPSA) is 85.7 Å². The quantitative estimate of drug-likeness (QED) is 0.845. The van der Waals surface area contributed by atoms with Crippen LogP contribution in [0.5, 0.6) is 0 Å². The van der Waals surface area contributed by atoms with Crippen LogP contribution in [0.4, 0.5) is 19.7 Å². The number of carbonyl (C=O) groups is 2. The van der Waals surface area contributed by atoms with Gasteiger partial charge in [-0.05, 0) is 39.0 Å². The Morgan fingerprint density at radius 2 is 1.80 bits per heavy atom. The van der Waals surface area contributed by atoms with E-state index in [0.29, 0.717) is 26.2 Å². The van der Waals surface area contributed by atoms with Crippen molar-refractivity contribution in [3.05, 3.63) is 29.6 Å². The van der Waals surface area contributed by atoms with Crippen molar-refractivity contribution in [1.82, 2.24) is 9.80 Å². The summed E-state index contributed by atoms with van der Waals surface area (Å²) in [6.07, 6.45) is -0.405. The summed E-state index contributed by atoms with van der Waals surface area (Å²) in [4.78, 5) is 27.4. The van der Waals surface area contributed by atoms with E-state index in [4.69, 9.17) is 10.00 Å². The van der Waals surface area contributed by atoms with Gasteiger partial charge in [0.2, 0.25) is 0 Å². The molecule has 1 fully saturated rings. The standard InChI is InChI=1S/C17H21FN4O3/c1-17(2,3)25-16(24)22-8-6-21(7-9-22)15(23)20-14-5-4-13(18)10-12(14)11-19/h4-5,10H,6-9H2,1-3H3,(H,20,23). The lowest BCUT2D eigenvalue weighted by Gasteiger charge is -2.35. The molecule has 1 aliphatic heterocycles. The van der Waals surface area contributed by atoms with Crippen molar-refractivity contribution in [3.63, 3.8) is 0 Å². The van der Waals surface area contributed by atoms with Gasteiger partial charge in [0.1, 0.15) is 17.5 Å². The van der Waals surface area contributed by atoms with E-state index in [0.717, 1.165) is 6.07 Å². The van der Waals surface area contributed by atoms with E-state index < -0.39 is 23.5 Å². The molecule has 25 heavy (non-hydrogen) atoms. The number of halogens is 1. The van der Waals surface area contributed by atoms with E-state index in [1.54, 1.807) is 25.7 Å². The molecule has 0 atom stereocenters. The van der Waals surface area contributed by atoms with Crippen LogP contribution in [0.15, 0.2) is 18.2 Å². The van der Waals surface area contributed by atoms with Gasteiger partial charge in [-0.25, -0.2) is 14.0 Å². The number of nitriles is 1. The smallest absolute Gasteiger partial charge is 0.410 e. The third-order valence-corrected chi connectivity index (χ3v) is 3.56. The van der Waals surface area contributed by atoms with E-state index in [1.165, 1.54) is 17.0 Å². The summed E-state index contributed by atoms with van der Waals surface area (Å²) >= 11 is 0. The molecule has 0 bridgehead atoms. The van der Waals surface area contributed by atoms with Crippen molar-refractivity contribution in [2.75, 3.05) is 31.5 Å². The number of hydrogen-bond donors (Lipinski definition) is 1. The average Bonchev–Trinajstić information content (AvgIpc) is 2.55. The Labute approximate surface area is 146 Å². The molecule has 0 unspecified atom stereocenters. The fourth-order valence-corrected chi connectivity index (χ4v) is 2.33. The minimum Gasteiger partial charge on any atom is -0.444 e. The molecule has 1 heterocycles. The summed E-state index contributed by atoms with van der Waals surface area (Å²) in [5.41, 5.74) is -0.258. The molecule has 1 aliphatic rings. The molecular formula is C17H21FN4O3. The second-order valence-corrected chi connectivity index (χ2v) is 6.69. The fourth-order valence-electron chi connectivity index (χ4n) is 2.33. The number of carbonyl (C=O) groups excluding carboxylic acids is 2. The number of nitrogens with zero attached hydrogens (tertiary/aromatic N) is 3. The van der Waals surface area contributed by atoms with Gasteiger partial charge in [0, 0.05) is 26.2 Å². The van der Waals surface area contributed by atoms with Crippen molar-refractivity contribution in [2.24, 2.45) is 0 Å². The van der Waals surface area contributed by atoms with Crippen LogP contribution in [-0.2, 0) is 4.74 Å². The SMILES string of the molecule is CC(C)(C)OC(=O)N1CCN(C(=O)Nc2ccc(F)cc2C#N)CC1. The Kier molecular flexibility index (Phi) is 5.47. The number of nitrogens with one attached hydrogen (secondary N) is 1. The zero-order valence-electron chi connectivity index (χ0n) is 14.5. The lowest BCUT2D eigenvalue weighted by molar-refractivity contribution is 0.0174. The van der Waals surface area contributed by atoms with E-state index in [9.17, 15) is 14.0 Å². The molecule has 0 aromatic heterocycles. The summed E-state index contributed by atoms with van der Waals surface area (Å²) in [6, 6.07) is 5.04. The average molecular weight is 348 g/mol. The summed E-state index contributed by atoms with van der Waals surface area (Å²) in [5, 5.41) is 11.6. The van der Waals surface area contributed by atoms with Crippen LogP contribution < -0.4 is 5.32 Å². The number of urea groups is 1. The number of anilines is 1. The molecule has 0 radical (unpaired) electrons. The Morgan fingerprint density at radius 3 is 2.36 bits per heavy atom. The van der Waals surface area contributed by atoms with Crippen LogP contribution in [0.3, 0.4) is 0 Å². The van der Waals surface area contributed by atoms with Gasteiger partial charge in [0.05, 0.1) is 11.3 Å². The molecule has 134 valence electrons. The molecule has 0 aliphatic carbocycles. The third-order valence-electron chi connectivity index (χ3n) is 3.56. The molecule has 1 N–H and O–H groups in total. The predicted molar refractivity (Wildman–Crippen MR) is 89.5 cm³/mol. The van der Waals surface area contributed by atoms with Crippen molar-refractivity contribution >= 4 is 17.8 Å². The summed E-state index contributed by atoms with van der Waals surface area (Å²) < 4.78 is 18.4. The number of benzene rings is 1. The van der Waals surface area contributed by atoms with Gasteiger partial charge in [-0.15, -0.1) is 0 Å². The molecule has 2 rings (SSSR count). The van der Waals surface area contributed by atoms with E-state index in [1.807, 2.05) is 6.07 Å². The Morgan fingerprint density at radius 1 is 1.20 bits per heavy atom. The zero-order valence-corrected chi connectivity index (χ0v) is 14.5. The molecule has 8 heteroatoms. The first kappa shape index (κ1) is 18.5. The lowest BCUT2D eigenvalue weighted by Crippen LogP contribution is -2.52. The van der Waals surface area contributed by atoms with Crippen LogP contribution >= 0.6 is 0 Å². The molecule has 3 amide bonds. The Balaban J connectivity index is 1.92. The second kappa shape index (κ2) is 7.38. The largest absolute Gasteiger partial charge is 0.444 e. The molecule has 1 aromatic carbocycles. The Hall–Kier alpha value is -2.82. The van der Waals surface area contributed by atoms with Crippen LogP contribution in [0.1, 0.15) is 26.3 Å². The van der Waals surface area contributed by atoms with Gasteiger partial charge in [-0.2, -0.15) is 5.26 Å². The van der Waals surface area contributed by atoms with E-state index >= 15 is 0 Å². The van der Waals surface area contributed by atoms with Gasteiger partial charge in [-0.3, -0.25) is 0 Å². The fraction of sp³-hybridized carbons (Fsp3) is 0.471. The van der Waals surface area contributed by atoms with Crippen molar-refractivity contribution in [1.29, 1.82) is 5.26 Å². The van der Waals surface area contributed by atoms with Crippen LogP contribution in [0.2, 0.25) is 0 Å². The first-order valence-electron chi connectivity index (χ1n) is 7.93. The first-order chi connectivity index (χ1) is 11.7. The van der Waals surface area contributed by atoms with Gasteiger partial charge in [-0.1, -0.05) is 0 Å². The van der Waals surface area contributed by atoms with Gasteiger partial charge >= 0.3 is 12.1 Å². The van der Waals surface area contributed by atoms with Crippen LogP contribution in [0, 0.1) is 17.1 Å². The molecule has 7 nitrogen and oxygen atoms in total. The number of piperazine rings is 1. The summed E-state index contributed by atoms with van der Waals surface area (Å²) in [6.45, 7) is 6.79. The molecule has 0 spiro atoms. The minimum atomic E-state index is -0.568. The predicted octanol–water partition coefficient (Wildman–Crippen LogP) is 2.78. The highest BCUT2D eigenvalue weighted by molar-refractivity contribution is 5.91. The van der Waals surface area contributed by atoms with Crippen molar-refractivity contribution in [3.8, 4) is 6.07 Å². The second-order valence-electron chi connectivity index (χ2n) is 6.69. The molecule has 0 saturated carbocycles. The maximum absolute atomic E-state index is 13.1. The number of ether oxygens (including phenoxy) is 1. The monoisotopic (exact) mass is 348 g/mol. The van der Waals surface area contributed by atoms with Gasteiger partial charge in [0.15, 0.2) is 0 Å². The molecular weight excluding hydrogens is 327 g/mol. The van der Waals surface area contributed by atoms with Crippen molar-refractivity contribution < 1.29 is 18.7 Å². The molecule has 1 aromatic rings. The van der Waals surface area contributed by atoms with E-state index in [-0.39, 0.29) is 11.3 Å². The lowest BCUT2D eigenvalue weighted by atomic mass is 10.2. The van der Waals surface area contributed by atoms with Gasteiger partial charge < -0.3 is 19.9 Å². The summed E-state index contributed by atoms with van der Waals surface area (Å²) in [7, 11) is 0. The number of hydrogen-bond acceptors (Lipinski definition) is 4. The highest BCUT2D eigenvalue weighted by atomic mass is 19.1. The highest BCUT2D eigenvalue weighted by Crippen LogP contribution is 2.17. The van der Waals surface area contributed by atoms with Crippen LogP contribution in [0.25, 0.3) is 0 Å². The van der Waals surface area contributed by atoms with Crippen molar-refractivity contribution in [2.45, 2.75) is 26.4 Å².